The Labute approximate surface area is 192 Å². The number of benzene rings is 3. The second-order valence-corrected chi connectivity index (χ2v) is 8.59. The first-order chi connectivity index (χ1) is 15.6. The number of anilines is 1. The molecule has 1 atom stereocenters. The summed E-state index contributed by atoms with van der Waals surface area (Å²) in [5.41, 5.74) is 4.03. The number of aromatic nitrogens is 2. The van der Waals surface area contributed by atoms with Gasteiger partial charge in [0.05, 0.1) is 17.6 Å². The van der Waals surface area contributed by atoms with E-state index in [1.54, 1.807) is 0 Å². The van der Waals surface area contributed by atoms with Crippen LogP contribution in [-0.4, -0.2) is 28.6 Å². The van der Waals surface area contributed by atoms with Crippen molar-refractivity contribution in [3.8, 4) is 5.75 Å². The van der Waals surface area contributed by atoms with Crippen molar-refractivity contribution in [2.75, 3.05) is 18.1 Å². The molecule has 5 nitrogen and oxygen atoms in total. The van der Waals surface area contributed by atoms with E-state index in [2.05, 4.69) is 17.6 Å². The Hall–Kier alpha value is -3.31. The predicted octanol–water partition coefficient (Wildman–Crippen LogP) is 5.60. The summed E-state index contributed by atoms with van der Waals surface area (Å²) >= 11 is 6.15. The van der Waals surface area contributed by atoms with Crippen LogP contribution in [0, 0.1) is 6.92 Å². The van der Waals surface area contributed by atoms with Crippen molar-refractivity contribution in [1.82, 2.24) is 9.55 Å². The topological polar surface area (TPSA) is 47.4 Å². The van der Waals surface area contributed by atoms with Gasteiger partial charge in [0, 0.05) is 29.6 Å². The average molecular weight is 446 g/mol. The molecule has 1 saturated heterocycles. The summed E-state index contributed by atoms with van der Waals surface area (Å²) in [6.07, 6.45) is 0.425. The zero-order valence-corrected chi connectivity index (χ0v) is 18.6. The standard InChI is InChI=1S/C26H24ClN3O2/c1-18-9-11-22(12-10-18)32-14-13-29-24-8-3-2-7-23(24)28-26(29)19-15-25(31)30(17-19)21-6-4-5-20(27)16-21/h2-12,16,19H,13-15,17H2,1H3/t19-/m0/s1. The van der Waals surface area contributed by atoms with Gasteiger partial charge in [-0.3, -0.25) is 4.79 Å². The minimum absolute atomic E-state index is 0.00764. The number of carbonyl (C=O) groups excluding carboxylic acids is 1. The van der Waals surface area contributed by atoms with Gasteiger partial charge in [0.15, 0.2) is 0 Å². The zero-order chi connectivity index (χ0) is 22.1. The monoisotopic (exact) mass is 445 g/mol. The largest absolute Gasteiger partial charge is 0.492 e. The highest BCUT2D eigenvalue weighted by Crippen LogP contribution is 2.34. The van der Waals surface area contributed by atoms with Crippen LogP contribution in [0.15, 0.2) is 72.8 Å². The Balaban J connectivity index is 1.40. The summed E-state index contributed by atoms with van der Waals surface area (Å²) in [7, 11) is 0. The van der Waals surface area contributed by atoms with E-state index in [-0.39, 0.29) is 11.8 Å². The Morgan fingerprint density at radius 1 is 1.06 bits per heavy atom. The van der Waals surface area contributed by atoms with Gasteiger partial charge in [0.2, 0.25) is 5.91 Å². The average Bonchev–Trinajstić information content (AvgIpc) is 3.36. The molecule has 3 aromatic carbocycles. The summed E-state index contributed by atoms with van der Waals surface area (Å²) < 4.78 is 8.18. The van der Waals surface area contributed by atoms with Crippen LogP contribution in [0.1, 0.15) is 23.7 Å². The van der Waals surface area contributed by atoms with Crippen LogP contribution in [0.2, 0.25) is 5.02 Å². The molecule has 1 aliphatic rings. The number of hydrogen-bond donors (Lipinski definition) is 0. The summed E-state index contributed by atoms with van der Waals surface area (Å²) in [6, 6.07) is 23.6. The highest BCUT2D eigenvalue weighted by atomic mass is 35.5. The van der Waals surface area contributed by atoms with E-state index in [1.165, 1.54) is 5.56 Å². The smallest absolute Gasteiger partial charge is 0.227 e. The predicted molar refractivity (Wildman–Crippen MR) is 128 cm³/mol. The number of halogens is 1. The lowest BCUT2D eigenvalue weighted by Crippen LogP contribution is -2.24. The van der Waals surface area contributed by atoms with Gasteiger partial charge in [-0.05, 0) is 49.4 Å². The molecule has 2 heterocycles. The molecule has 0 unspecified atom stereocenters. The van der Waals surface area contributed by atoms with Gasteiger partial charge < -0.3 is 14.2 Å². The molecular formula is C26H24ClN3O2. The van der Waals surface area contributed by atoms with Crippen molar-refractivity contribution in [3.63, 3.8) is 0 Å². The quantitative estimate of drug-likeness (QED) is 0.388. The Kier molecular flexibility index (Phi) is 5.58. The minimum atomic E-state index is 0.00764. The second kappa shape index (κ2) is 8.67. The lowest BCUT2D eigenvalue weighted by molar-refractivity contribution is -0.117. The summed E-state index contributed by atoms with van der Waals surface area (Å²) in [6.45, 7) is 3.82. The number of amides is 1. The molecule has 0 saturated carbocycles. The lowest BCUT2D eigenvalue weighted by atomic mass is 10.1. The van der Waals surface area contributed by atoms with E-state index in [9.17, 15) is 4.79 Å². The number of nitrogens with zero attached hydrogens (tertiary/aromatic N) is 3. The molecule has 4 aromatic rings. The molecule has 0 aliphatic carbocycles. The van der Waals surface area contributed by atoms with Crippen LogP contribution in [0.25, 0.3) is 11.0 Å². The molecule has 32 heavy (non-hydrogen) atoms. The third kappa shape index (κ3) is 4.08. The van der Waals surface area contributed by atoms with Gasteiger partial charge in [-0.15, -0.1) is 0 Å². The van der Waals surface area contributed by atoms with Gasteiger partial charge in [-0.25, -0.2) is 4.98 Å². The molecule has 0 bridgehead atoms. The lowest BCUT2D eigenvalue weighted by Gasteiger charge is -2.18. The van der Waals surface area contributed by atoms with Crippen LogP contribution in [0.3, 0.4) is 0 Å². The van der Waals surface area contributed by atoms with Crippen LogP contribution < -0.4 is 9.64 Å². The number of para-hydroxylation sites is 2. The number of aryl methyl sites for hydroxylation is 1. The molecular weight excluding hydrogens is 422 g/mol. The van der Waals surface area contributed by atoms with E-state index in [0.29, 0.717) is 31.1 Å². The third-order valence-electron chi connectivity index (χ3n) is 5.90. The fraction of sp³-hybridized carbons (Fsp3) is 0.231. The molecule has 5 rings (SSSR count). The summed E-state index contributed by atoms with van der Waals surface area (Å²) in [4.78, 5) is 19.6. The Bertz CT molecular complexity index is 1270. The normalized spacial score (nSPS) is 16.1. The Morgan fingerprint density at radius 3 is 2.69 bits per heavy atom. The first kappa shape index (κ1) is 20.6. The number of imidazole rings is 1. The summed E-state index contributed by atoms with van der Waals surface area (Å²) in [5, 5.41) is 0.624. The van der Waals surface area contributed by atoms with E-state index >= 15 is 0 Å². The first-order valence-corrected chi connectivity index (χ1v) is 11.2. The minimum Gasteiger partial charge on any atom is -0.492 e. The number of carbonyl (C=O) groups is 1. The third-order valence-corrected chi connectivity index (χ3v) is 6.13. The van der Waals surface area contributed by atoms with Crippen molar-refractivity contribution in [2.24, 2.45) is 0 Å². The number of rotatable bonds is 6. The maximum Gasteiger partial charge on any atom is 0.227 e. The first-order valence-electron chi connectivity index (χ1n) is 10.8. The van der Waals surface area contributed by atoms with Gasteiger partial charge in [-0.2, -0.15) is 0 Å². The molecule has 162 valence electrons. The zero-order valence-electron chi connectivity index (χ0n) is 17.9. The number of hydrogen-bond acceptors (Lipinski definition) is 3. The molecule has 1 aliphatic heterocycles. The number of ether oxygens (including phenoxy) is 1. The van der Waals surface area contributed by atoms with Gasteiger partial charge >= 0.3 is 0 Å². The SMILES string of the molecule is Cc1ccc(OCCn2c([C@H]3CC(=O)N(c4cccc(Cl)c4)C3)nc3ccccc32)cc1. The molecule has 0 N–H and O–H groups in total. The van der Waals surface area contributed by atoms with Crippen molar-refractivity contribution < 1.29 is 9.53 Å². The van der Waals surface area contributed by atoms with Gasteiger partial charge in [-0.1, -0.05) is 47.5 Å². The second-order valence-electron chi connectivity index (χ2n) is 8.16. The number of fused-ring (bicyclic) bond motifs is 1. The molecule has 0 spiro atoms. The molecule has 6 heteroatoms. The van der Waals surface area contributed by atoms with Crippen LogP contribution in [0.4, 0.5) is 5.69 Å². The molecule has 1 fully saturated rings. The van der Waals surface area contributed by atoms with Crippen molar-refractivity contribution in [2.45, 2.75) is 25.8 Å². The highest BCUT2D eigenvalue weighted by Gasteiger charge is 2.34. The van der Waals surface area contributed by atoms with Crippen LogP contribution in [0.5, 0.6) is 5.75 Å². The van der Waals surface area contributed by atoms with Gasteiger partial charge in [0.25, 0.3) is 0 Å². The van der Waals surface area contributed by atoms with Crippen molar-refractivity contribution in [1.29, 1.82) is 0 Å². The molecule has 1 aromatic heterocycles. The fourth-order valence-electron chi connectivity index (χ4n) is 4.30. The van der Waals surface area contributed by atoms with E-state index in [1.807, 2.05) is 71.6 Å². The van der Waals surface area contributed by atoms with E-state index < -0.39 is 0 Å². The maximum atomic E-state index is 12.8. The summed E-state index contributed by atoms with van der Waals surface area (Å²) in [5.74, 6) is 1.88. The van der Waals surface area contributed by atoms with E-state index in [4.69, 9.17) is 21.3 Å². The highest BCUT2D eigenvalue weighted by molar-refractivity contribution is 6.30. The van der Waals surface area contributed by atoms with Crippen molar-refractivity contribution >= 4 is 34.2 Å². The van der Waals surface area contributed by atoms with Crippen LogP contribution >= 0.6 is 11.6 Å². The van der Waals surface area contributed by atoms with Gasteiger partial charge in [0.1, 0.15) is 18.2 Å². The maximum absolute atomic E-state index is 12.8. The van der Waals surface area contributed by atoms with Crippen molar-refractivity contribution in [3.05, 3.63) is 89.2 Å². The Morgan fingerprint density at radius 2 is 1.88 bits per heavy atom. The molecule has 1 amide bonds. The fourth-order valence-corrected chi connectivity index (χ4v) is 4.49. The van der Waals surface area contributed by atoms with Crippen LogP contribution in [-0.2, 0) is 11.3 Å². The van der Waals surface area contributed by atoms with E-state index in [0.717, 1.165) is 28.3 Å². The molecule has 0 radical (unpaired) electrons.